The maximum absolute atomic E-state index is 2.58. The minimum absolute atomic E-state index is 0.126. The number of fused-ring (bicyclic) bond motifs is 11. The van der Waals surface area contributed by atoms with Gasteiger partial charge >= 0.3 is 0 Å². The molecule has 0 saturated carbocycles. The van der Waals surface area contributed by atoms with Crippen molar-refractivity contribution < 1.29 is 0 Å². The first-order valence-corrected chi connectivity index (χ1v) is 20.3. The highest BCUT2D eigenvalue weighted by Gasteiger charge is 2.47. The Morgan fingerprint density at radius 1 is 0.463 bits per heavy atom. The monoisotopic (exact) mass is 723 g/mol. The standard InChI is InChI=1S/C48H30BN3S2/c1-3-15-36-32(11-1)33-12-2-4-16-37(33)50(36)31-25-23-29(24-26-31)30-27-40-46-41(28-30)52-39-18-6-8-20-43(39)54-45-22-10-14-35(48(45)52)49(46)34-13-9-21-44-47(34)51(40)38-17-5-7-19-42(38)53-44/h1-28,32,36H. The average molecular weight is 724 g/mol. The van der Waals surface area contributed by atoms with Gasteiger partial charge in [0, 0.05) is 48.2 Å². The second-order valence-corrected chi connectivity index (χ2v) is 17.0. The third kappa shape index (κ3) is 3.87. The van der Waals surface area contributed by atoms with Gasteiger partial charge in [0.15, 0.2) is 0 Å². The molecule has 7 aromatic rings. The highest BCUT2D eigenvalue weighted by atomic mass is 32.2. The molecule has 0 spiro atoms. The second kappa shape index (κ2) is 10.9. The summed E-state index contributed by atoms with van der Waals surface area (Å²) in [6.45, 7) is 0.126. The van der Waals surface area contributed by atoms with Gasteiger partial charge in [-0.3, -0.25) is 0 Å². The van der Waals surface area contributed by atoms with Crippen molar-refractivity contribution in [2.75, 3.05) is 14.7 Å². The van der Waals surface area contributed by atoms with E-state index in [0.717, 1.165) is 0 Å². The fourth-order valence-electron chi connectivity index (χ4n) is 9.96. The van der Waals surface area contributed by atoms with Crippen molar-refractivity contribution in [2.24, 2.45) is 0 Å². The van der Waals surface area contributed by atoms with Gasteiger partial charge in [0.2, 0.25) is 0 Å². The van der Waals surface area contributed by atoms with E-state index in [4.69, 9.17) is 0 Å². The topological polar surface area (TPSA) is 9.72 Å². The van der Waals surface area contributed by atoms with Gasteiger partial charge in [0.1, 0.15) is 0 Å². The SMILES string of the molecule is C1=CC2c3ccccc3N(c3ccc(-c4cc5c6c(c4)N4c7ccccc7Sc7cccc(c74)B6c4cccc6c4N5c4ccccc4S6)cc3)C2C=C1. The molecule has 0 N–H and O–H groups in total. The Balaban J connectivity index is 1.05. The lowest BCUT2D eigenvalue weighted by molar-refractivity contribution is 0.745. The molecule has 6 heteroatoms. The number of rotatable bonds is 2. The summed E-state index contributed by atoms with van der Waals surface area (Å²) in [5, 5.41) is 0. The quantitative estimate of drug-likeness (QED) is 0.164. The van der Waals surface area contributed by atoms with Crippen molar-refractivity contribution in [1.29, 1.82) is 0 Å². The van der Waals surface area contributed by atoms with Crippen molar-refractivity contribution in [2.45, 2.75) is 31.5 Å². The van der Waals surface area contributed by atoms with Crippen LogP contribution in [0.15, 0.2) is 189 Å². The van der Waals surface area contributed by atoms with Crippen LogP contribution in [0.1, 0.15) is 11.5 Å². The molecule has 0 amide bonds. The van der Waals surface area contributed by atoms with Crippen molar-refractivity contribution in [3.8, 4) is 11.1 Å². The van der Waals surface area contributed by atoms with Crippen molar-refractivity contribution in [1.82, 2.24) is 0 Å². The fourth-order valence-corrected chi connectivity index (χ4v) is 12.2. The van der Waals surface area contributed by atoms with Gasteiger partial charge in [-0.15, -0.1) is 0 Å². The second-order valence-electron chi connectivity index (χ2n) is 14.8. The van der Waals surface area contributed by atoms with Gasteiger partial charge in [-0.25, -0.2) is 0 Å². The number of para-hydroxylation sites is 5. The average Bonchev–Trinajstić information content (AvgIpc) is 3.57. The zero-order valence-electron chi connectivity index (χ0n) is 29.1. The molecule has 7 aromatic carbocycles. The highest BCUT2D eigenvalue weighted by molar-refractivity contribution is 8.00. The molecular formula is C48H30BN3S2. The van der Waals surface area contributed by atoms with Gasteiger partial charge in [0.05, 0.1) is 28.8 Å². The Bertz CT molecular complexity index is 2720. The largest absolute Gasteiger partial charge is 0.333 e. The van der Waals surface area contributed by atoms with E-state index in [1.807, 2.05) is 23.5 Å². The third-order valence-electron chi connectivity index (χ3n) is 12.1. The van der Waals surface area contributed by atoms with Crippen LogP contribution in [0.25, 0.3) is 11.1 Å². The molecule has 0 fully saturated rings. The summed E-state index contributed by atoms with van der Waals surface area (Å²) in [4.78, 5) is 12.9. The number of hydrogen-bond acceptors (Lipinski definition) is 5. The predicted molar refractivity (Wildman–Crippen MR) is 228 cm³/mol. The molecule has 5 heterocycles. The molecule has 0 aromatic heterocycles. The van der Waals surface area contributed by atoms with Gasteiger partial charge in [-0.05, 0) is 99.8 Å². The molecule has 2 atom stereocenters. The van der Waals surface area contributed by atoms with Crippen LogP contribution in [0, 0.1) is 0 Å². The predicted octanol–water partition coefficient (Wildman–Crippen LogP) is 11.1. The van der Waals surface area contributed by atoms with Crippen LogP contribution >= 0.6 is 23.5 Å². The number of allylic oxidation sites excluding steroid dienone is 2. The van der Waals surface area contributed by atoms with Crippen LogP contribution in [0.5, 0.6) is 0 Å². The van der Waals surface area contributed by atoms with Gasteiger partial charge < -0.3 is 14.7 Å². The van der Waals surface area contributed by atoms with Crippen molar-refractivity contribution in [3.63, 3.8) is 0 Å². The number of nitrogens with zero attached hydrogens (tertiary/aromatic N) is 3. The Hall–Kier alpha value is -5.82. The lowest BCUT2D eigenvalue weighted by atomic mass is 9.33. The molecule has 6 aliphatic rings. The number of benzene rings is 7. The minimum atomic E-state index is 0.126. The first kappa shape index (κ1) is 29.6. The Labute approximate surface area is 323 Å². The smallest absolute Gasteiger partial charge is 0.252 e. The molecule has 0 saturated heterocycles. The molecule has 3 nitrogen and oxygen atoms in total. The van der Waals surface area contributed by atoms with Crippen LogP contribution in [-0.4, -0.2) is 12.8 Å². The van der Waals surface area contributed by atoms with Crippen LogP contribution < -0.4 is 31.1 Å². The van der Waals surface area contributed by atoms with E-state index in [1.165, 1.54) is 98.2 Å². The van der Waals surface area contributed by atoms with Crippen molar-refractivity contribution >= 4 is 92.1 Å². The highest BCUT2D eigenvalue weighted by Crippen LogP contribution is 2.57. The summed E-state index contributed by atoms with van der Waals surface area (Å²) < 4.78 is 0. The van der Waals surface area contributed by atoms with E-state index < -0.39 is 0 Å². The summed E-state index contributed by atoms with van der Waals surface area (Å²) in [5.74, 6) is 0.365. The van der Waals surface area contributed by atoms with Crippen LogP contribution in [-0.2, 0) is 0 Å². The summed E-state index contributed by atoms with van der Waals surface area (Å²) in [6.07, 6.45) is 9.09. The number of hydrogen-bond donors (Lipinski definition) is 0. The van der Waals surface area contributed by atoms with Crippen LogP contribution in [0.3, 0.4) is 0 Å². The van der Waals surface area contributed by atoms with Crippen molar-refractivity contribution in [3.05, 3.63) is 175 Å². The summed E-state index contributed by atoms with van der Waals surface area (Å²) in [7, 11) is 0. The van der Waals surface area contributed by atoms with E-state index >= 15 is 0 Å². The Morgan fingerprint density at radius 2 is 1.02 bits per heavy atom. The molecule has 0 radical (unpaired) electrons. The first-order valence-electron chi connectivity index (χ1n) is 18.7. The summed E-state index contributed by atoms with van der Waals surface area (Å²) in [6, 6.07) is 55.2. The van der Waals surface area contributed by atoms with Gasteiger partial charge in [-0.1, -0.05) is 127 Å². The molecule has 5 aliphatic heterocycles. The normalized spacial score (nSPS) is 18.3. The van der Waals surface area contributed by atoms with Gasteiger partial charge in [-0.2, -0.15) is 0 Å². The minimum Gasteiger partial charge on any atom is -0.333 e. The first-order chi connectivity index (χ1) is 26.8. The molecule has 13 rings (SSSR count). The molecule has 54 heavy (non-hydrogen) atoms. The van der Waals surface area contributed by atoms with E-state index in [2.05, 4.69) is 185 Å². The van der Waals surface area contributed by atoms with Crippen LogP contribution in [0.2, 0.25) is 0 Å². The van der Waals surface area contributed by atoms with E-state index in [1.54, 1.807) is 0 Å². The summed E-state index contributed by atoms with van der Waals surface area (Å²) in [5.41, 5.74) is 18.2. The molecule has 1 aliphatic carbocycles. The van der Waals surface area contributed by atoms with Gasteiger partial charge in [0.25, 0.3) is 6.71 Å². The molecular weight excluding hydrogens is 693 g/mol. The van der Waals surface area contributed by atoms with E-state index in [-0.39, 0.29) is 12.8 Å². The lowest BCUT2D eigenvalue weighted by Gasteiger charge is -2.47. The number of anilines is 8. The van der Waals surface area contributed by atoms with E-state index in [0.29, 0.717) is 5.92 Å². The Morgan fingerprint density at radius 3 is 1.67 bits per heavy atom. The zero-order valence-corrected chi connectivity index (χ0v) is 30.7. The zero-order chi connectivity index (χ0) is 35.1. The third-order valence-corrected chi connectivity index (χ3v) is 14.4. The van der Waals surface area contributed by atoms with E-state index in [9.17, 15) is 0 Å². The molecule has 0 bridgehead atoms. The maximum atomic E-state index is 2.58. The van der Waals surface area contributed by atoms with Crippen LogP contribution in [0.4, 0.5) is 45.5 Å². The molecule has 252 valence electrons. The summed E-state index contributed by atoms with van der Waals surface area (Å²) >= 11 is 3.80. The molecule has 2 unspecified atom stereocenters. The lowest BCUT2D eigenvalue weighted by Crippen LogP contribution is -2.62. The fraction of sp³-hybridized carbons (Fsp3) is 0.0417. The maximum Gasteiger partial charge on any atom is 0.252 e. The Kier molecular flexibility index (Phi) is 5.97.